The predicted octanol–water partition coefficient (Wildman–Crippen LogP) is 8.84. The number of nitrogens with zero attached hydrogens (tertiary/aromatic N) is 4. The summed E-state index contributed by atoms with van der Waals surface area (Å²) in [7, 11) is -7.98. The second-order valence-electron chi connectivity index (χ2n) is 13.6. The van der Waals surface area contributed by atoms with Crippen LogP contribution in [0.5, 0.6) is 0 Å². The fraction of sp³-hybridized carbons (Fsp3) is 0.136. The third-order valence-electron chi connectivity index (χ3n) is 9.77. The van der Waals surface area contributed by atoms with Crippen LogP contribution in [0.25, 0.3) is 0 Å². The Bertz CT molecular complexity index is 2450. The van der Waals surface area contributed by atoms with Gasteiger partial charge in [0.2, 0.25) is 0 Å². The predicted molar refractivity (Wildman–Crippen MR) is 219 cm³/mol. The van der Waals surface area contributed by atoms with Gasteiger partial charge in [0.05, 0.1) is 35.0 Å². The number of hydrogen-bond acceptors (Lipinski definition) is 7. The van der Waals surface area contributed by atoms with Crippen molar-refractivity contribution in [1.29, 1.82) is 0 Å². The molecule has 2 aliphatic rings. The van der Waals surface area contributed by atoms with Crippen LogP contribution in [0.2, 0.25) is 0 Å². The van der Waals surface area contributed by atoms with Crippen LogP contribution in [0.15, 0.2) is 187 Å². The van der Waals surface area contributed by atoms with Crippen LogP contribution in [0.4, 0.5) is 0 Å². The Labute approximate surface area is 327 Å². The van der Waals surface area contributed by atoms with Crippen molar-refractivity contribution in [3.8, 4) is 0 Å². The average molecular weight is 783 g/mol. The summed E-state index contributed by atoms with van der Waals surface area (Å²) < 4.78 is 60.3. The van der Waals surface area contributed by atoms with E-state index in [1.807, 2.05) is 123 Å². The topological polar surface area (TPSA) is 99.5 Å². The lowest BCUT2D eigenvalue weighted by atomic mass is 10.1. The molecule has 0 N–H and O–H groups in total. The van der Waals surface area contributed by atoms with Crippen LogP contribution in [-0.4, -0.2) is 50.2 Å². The molecule has 2 heterocycles. The summed E-state index contributed by atoms with van der Waals surface area (Å²) >= 11 is 1.42. The maximum absolute atomic E-state index is 14.4. The number of sulfonamides is 2. The highest BCUT2D eigenvalue weighted by molar-refractivity contribution is 7.99. The van der Waals surface area contributed by atoms with Gasteiger partial charge >= 0.3 is 0 Å². The Kier molecular flexibility index (Phi) is 9.93. The Hall–Kier alpha value is -5.49. The third kappa shape index (κ3) is 7.23. The highest BCUT2D eigenvalue weighted by Gasteiger charge is 2.39. The SMILES string of the molecule is Cc1ccc(S(=O)(=O)N2C[C@H](c3ccccc3)N=C2c2ccccc2Sc2ccccc2C2=N[C@@H](c3ccccc3)CN2S(=O)(=O)c2ccc(C)cc2)cc1. The minimum Gasteiger partial charge on any atom is -0.257 e. The van der Waals surface area contributed by atoms with E-state index in [0.29, 0.717) is 22.8 Å². The maximum atomic E-state index is 14.4. The molecule has 0 saturated carbocycles. The lowest BCUT2D eigenvalue weighted by Crippen LogP contribution is -2.35. The molecule has 2 aliphatic heterocycles. The second kappa shape index (κ2) is 15.0. The van der Waals surface area contributed by atoms with Crippen molar-refractivity contribution in [1.82, 2.24) is 8.61 Å². The summed E-state index contributed by atoms with van der Waals surface area (Å²) in [6.45, 7) is 4.14. The average Bonchev–Trinajstić information content (AvgIpc) is 3.87. The Balaban J connectivity index is 1.21. The molecule has 0 radical (unpaired) electrons. The van der Waals surface area contributed by atoms with Gasteiger partial charge in [0.25, 0.3) is 20.0 Å². The molecule has 2 atom stereocenters. The summed E-state index contributed by atoms with van der Waals surface area (Å²) in [5, 5.41) is 0. The lowest BCUT2D eigenvalue weighted by molar-refractivity contribution is 0.519. The van der Waals surface area contributed by atoms with Gasteiger partial charge < -0.3 is 0 Å². The summed E-state index contributed by atoms with van der Waals surface area (Å²) in [5.74, 6) is 0.696. The van der Waals surface area contributed by atoms with Crippen molar-refractivity contribution in [3.63, 3.8) is 0 Å². The molecule has 0 amide bonds. The number of hydrogen-bond donors (Lipinski definition) is 0. The molecule has 6 aromatic carbocycles. The quantitative estimate of drug-likeness (QED) is 0.138. The molecule has 8 rings (SSSR count). The maximum Gasteiger partial charge on any atom is 0.265 e. The second-order valence-corrected chi connectivity index (χ2v) is 18.4. The Morgan fingerprint density at radius 3 is 1.20 bits per heavy atom. The van der Waals surface area contributed by atoms with Gasteiger partial charge in [-0.3, -0.25) is 9.98 Å². The van der Waals surface area contributed by atoms with E-state index in [2.05, 4.69) is 0 Å². The number of benzene rings is 6. The van der Waals surface area contributed by atoms with Crippen molar-refractivity contribution in [3.05, 3.63) is 191 Å². The molecular weight excluding hydrogens is 745 g/mol. The highest BCUT2D eigenvalue weighted by atomic mass is 32.2. The van der Waals surface area contributed by atoms with E-state index in [-0.39, 0.29) is 22.9 Å². The van der Waals surface area contributed by atoms with Crippen molar-refractivity contribution in [2.75, 3.05) is 13.1 Å². The van der Waals surface area contributed by atoms with Gasteiger partial charge in [-0.1, -0.05) is 144 Å². The molecule has 0 aliphatic carbocycles. The first kappa shape index (κ1) is 36.5. The van der Waals surface area contributed by atoms with Crippen LogP contribution in [0, 0.1) is 13.8 Å². The van der Waals surface area contributed by atoms with Crippen molar-refractivity contribution in [2.45, 2.75) is 45.5 Å². The van der Waals surface area contributed by atoms with Crippen LogP contribution in [0.3, 0.4) is 0 Å². The molecule has 0 fully saturated rings. The smallest absolute Gasteiger partial charge is 0.257 e. The molecule has 8 nitrogen and oxygen atoms in total. The van der Waals surface area contributed by atoms with Gasteiger partial charge in [-0.05, 0) is 61.4 Å². The minimum atomic E-state index is -3.99. The Morgan fingerprint density at radius 1 is 0.473 bits per heavy atom. The first-order valence-corrected chi connectivity index (χ1v) is 21.6. The summed E-state index contributed by atoms with van der Waals surface area (Å²) in [6, 6.07) is 47.6. The zero-order chi connectivity index (χ0) is 38.2. The zero-order valence-electron chi connectivity index (χ0n) is 30.2. The fourth-order valence-electron chi connectivity index (χ4n) is 6.81. The molecule has 0 bridgehead atoms. The van der Waals surface area contributed by atoms with Crippen LogP contribution < -0.4 is 0 Å². The first-order valence-electron chi connectivity index (χ1n) is 17.9. The van der Waals surface area contributed by atoms with Gasteiger partial charge in [-0.15, -0.1) is 0 Å². The normalized spacial score (nSPS) is 17.3. The Morgan fingerprint density at radius 2 is 0.818 bits per heavy atom. The fourth-order valence-corrected chi connectivity index (χ4v) is 10.8. The van der Waals surface area contributed by atoms with Gasteiger partial charge in [0.1, 0.15) is 11.7 Å². The lowest BCUT2D eigenvalue weighted by Gasteiger charge is -2.24. The number of aliphatic imine (C=N–C) groups is 2. The van der Waals surface area contributed by atoms with E-state index in [4.69, 9.17) is 9.98 Å². The molecule has 0 saturated heterocycles. The van der Waals surface area contributed by atoms with Crippen LogP contribution in [0.1, 0.15) is 45.5 Å². The molecule has 0 unspecified atom stereocenters. The zero-order valence-corrected chi connectivity index (χ0v) is 32.7. The van der Waals surface area contributed by atoms with Crippen molar-refractivity contribution in [2.24, 2.45) is 9.98 Å². The van der Waals surface area contributed by atoms with Gasteiger partial charge in [0.15, 0.2) is 0 Å². The van der Waals surface area contributed by atoms with Gasteiger partial charge in [-0.2, -0.15) is 0 Å². The largest absolute Gasteiger partial charge is 0.265 e. The molecule has 0 spiro atoms. The standard InChI is InChI=1S/C44H38N4O4S3/c1-31-21-25-35(26-22-31)54(49,50)47-29-39(33-13-5-3-6-14-33)45-43(47)37-17-9-11-19-41(37)53-42-20-12-10-18-38(42)44-46-40(34-15-7-4-8-16-34)30-48(44)55(51,52)36-27-23-32(2)24-28-36/h3-28,39-40H,29-30H2,1-2H3/t39-,40-/m1/s1. The van der Waals surface area contributed by atoms with Crippen molar-refractivity contribution >= 4 is 43.5 Å². The van der Waals surface area contributed by atoms with E-state index in [1.54, 1.807) is 48.5 Å². The first-order chi connectivity index (χ1) is 26.6. The molecule has 6 aromatic rings. The number of aryl methyl sites for hydroxylation is 2. The van der Waals surface area contributed by atoms with E-state index in [1.165, 1.54) is 20.4 Å². The number of amidine groups is 2. The van der Waals surface area contributed by atoms with E-state index < -0.39 is 32.1 Å². The summed E-state index contributed by atoms with van der Waals surface area (Å²) in [5.41, 5.74) is 5.05. The monoisotopic (exact) mass is 782 g/mol. The minimum absolute atomic E-state index is 0.147. The van der Waals surface area contributed by atoms with Crippen LogP contribution in [-0.2, 0) is 20.0 Å². The van der Waals surface area contributed by atoms with E-state index >= 15 is 0 Å². The van der Waals surface area contributed by atoms with Crippen LogP contribution >= 0.6 is 11.8 Å². The summed E-state index contributed by atoms with van der Waals surface area (Å²) in [6.07, 6.45) is 0. The third-order valence-corrected chi connectivity index (χ3v) is 14.5. The molecule has 276 valence electrons. The van der Waals surface area contributed by atoms with E-state index in [0.717, 1.165) is 32.0 Å². The highest BCUT2D eigenvalue weighted by Crippen LogP contribution is 2.40. The molecular formula is C44H38N4O4S3. The number of rotatable bonds is 10. The molecule has 0 aromatic heterocycles. The molecule has 55 heavy (non-hydrogen) atoms. The van der Waals surface area contributed by atoms with Crippen molar-refractivity contribution < 1.29 is 16.8 Å². The van der Waals surface area contributed by atoms with Gasteiger partial charge in [-0.25, -0.2) is 25.4 Å². The summed E-state index contributed by atoms with van der Waals surface area (Å²) in [4.78, 5) is 12.1. The van der Waals surface area contributed by atoms with E-state index in [9.17, 15) is 16.8 Å². The molecule has 11 heteroatoms. The van der Waals surface area contributed by atoms with Gasteiger partial charge in [0, 0.05) is 20.9 Å².